The summed E-state index contributed by atoms with van der Waals surface area (Å²) in [6.45, 7) is 4.88. The summed E-state index contributed by atoms with van der Waals surface area (Å²) in [5, 5.41) is 3.47. The largest absolute Gasteiger partial charge is 0.329 e. The third-order valence-electron chi connectivity index (χ3n) is 3.99. The van der Waals surface area contributed by atoms with Crippen LogP contribution in [-0.4, -0.2) is 12.6 Å². The number of halogens is 2. The molecule has 0 heterocycles. The van der Waals surface area contributed by atoms with E-state index in [2.05, 4.69) is 19.2 Å². The Hall–Kier alpha value is -1.00. The van der Waals surface area contributed by atoms with Crippen LogP contribution in [0.1, 0.15) is 44.7 Å². The Morgan fingerprint density at radius 1 is 1.37 bits per heavy atom. The number of nitrogens with two attached hydrogens (primary N) is 1. The van der Waals surface area contributed by atoms with Gasteiger partial charge in [0.05, 0.1) is 0 Å². The summed E-state index contributed by atoms with van der Waals surface area (Å²) in [5.74, 6) is -1.63. The molecule has 2 nitrogen and oxygen atoms in total. The zero-order chi connectivity index (χ0) is 14.0. The van der Waals surface area contributed by atoms with Crippen LogP contribution < -0.4 is 11.1 Å². The lowest BCUT2D eigenvalue weighted by molar-refractivity contribution is 0.353. The molecule has 19 heavy (non-hydrogen) atoms. The van der Waals surface area contributed by atoms with Crippen molar-refractivity contribution in [1.29, 1.82) is 0 Å². The highest BCUT2D eigenvalue weighted by atomic mass is 19.2. The van der Waals surface area contributed by atoms with Crippen molar-refractivity contribution in [1.82, 2.24) is 5.32 Å². The van der Waals surface area contributed by atoms with Gasteiger partial charge in [0, 0.05) is 18.6 Å². The van der Waals surface area contributed by atoms with E-state index in [4.69, 9.17) is 5.73 Å². The van der Waals surface area contributed by atoms with Crippen LogP contribution in [0, 0.1) is 17.0 Å². The lowest BCUT2D eigenvalue weighted by atomic mass is 9.91. The zero-order valence-electron chi connectivity index (χ0n) is 11.5. The molecule has 0 spiro atoms. The Bertz CT molecular complexity index is 446. The molecular weight excluding hydrogens is 246 g/mol. The van der Waals surface area contributed by atoms with Gasteiger partial charge >= 0.3 is 0 Å². The zero-order valence-corrected chi connectivity index (χ0v) is 11.5. The molecule has 1 aromatic carbocycles. The predicted molar refractivity (Wildman–Crippen MR) is 72.7 cm³/mol. The fourth-order valence-electron chi connectivity index (χ4n) is 2.89. The topological polar surface area (TPSA) is 38.0 Å². The first-order valence-electron chi connectivity index (χ1n) is 6.82. The first-order chi connectivity index (χ1) is 8.91. The van der Waals surface area contributed by atoms with E-state index < -0.39 is 11.6 Å². The molecule has 1 fully saturated rings. The minimum atomic E-state index is -0.818. The van der Waals surface area contributed by atoms with Gasteiger partial charge in [0.1, 0.15) is 0 Å². The maximum absolute atomic E-state index is 13.3. The second-order valence-electron chi connectivity index (χ2n) is 6.23. The highest BCUT2D eigenvalue weighted by Gasteiger charge is 2.31. The van der Waals surface area contributed by atoms with E-state index in [0.717, 1.165) is 18.9 Å². The van der Waals surface area contributed by atoms with Crippen LogP contribution in [-0.2, 0) is 0 Å². The number of rotatable bonds is 4. The van der Waals surface area contributed by atoms with E-state index in [1.165, 1.54) is 12.5 Å². The van der Waals surface area contributed by atoms with Crippen molar-refractivity contribution in [2.45, 2.75) is 45.2 Å². The van der Waals surface area contributed by atoms with Crippen LogP contribution in [0.15, 0.2) is 18.2 Å². The van der Waals surface area contributed by atoms with Crippen molar-refractivity contribution in [3.63, 3.8) is 0 Å². The smallest absolute Gasteiger partial charge is 0.159 e. The van der Waals surface area contributed by atoms with Crippen molar-refractivity contribution in [3.8, 4) is 0 Å². The maximum atomic E-state index is 13.3. The van der Waals surface area contributed by atoms with Crippen molar-refractivity contribution >= 4 is 0 Å². The molecule has 1 aliphatic carbocycles. The third-order valence-corrected chi connectivity index (χ3v) is 3.99. The van der Waals surface area contributed by atoms with Gasteiger partial charge < -0.3 is 11.1 Å². The monoisotopic (exact) mass is 268 g/mol. The number of hydrogen-bond acceptors (Lipinski definition) is 2. The van der Waals surface area contributed by atoms with Crippen molar-refractivity contribution in [2.24, 2.45) is 11.1 Å². The summed E-state index contributed by atoms with van der Waals surface area (Å²) in [6.07, 6.45) is 3.38. The summed E-state index contributed by atoms with van der Waals surface area (Å²) < 4.78 is 26.2. The lowest BCUT2D eigenvalue weighted by Gasteiger charge is -2.24. The molecule has 106 valence electrons. The predicted octanol–water partition coefficient (Wildman–Crippen LogP) is 3.13. The van der Waals surface area contributed by atoms with Crippen molar-refractivity contribution in [2.75, 3.05) is 6.54 Å². The van der Waals surface area contributed by atoms with Gasteiger partial charge in [-0.2, -0.15) is 0 Å². The van der Waals surface area contributed by atoms with Gasteiger partial charge in [-0.1, -0.05) is 19.9 Å². The van der Waals surface area contributed by atoms with Gasteiger partial charge in [-0.05, 0) is 42.4 Å². The van der Waals surface area contributed by atoms with E-state index in [-0.39, 0.29) is 6.04 Å². The molecule has 1 saturated carbocycles. The highest BCUT2D eigenvalue weighted by Crippen LogP contribution is 2.37. The number of benzene rings is 1. The molecule has 0 bridgehead atoms. The molecule has 4 heteroatoms. The van der Waals surface area contributed by atoms with Crippen LogP contribution >= 0.6 is 0 Å². The first-order valence-corrected chi connectivity index (χ1v) is 6.82. The van der Waals surface area contributed by atoms with Gasteiger partial charge in [-0.25, -0.2) is 8.78 Å². The van der Waals surface area contributed by atoms with Gasteiger partial charge in [0.25, 0.3) is 0 Å². The Kier molecular flexibility index (Phi) is 4.21. The van der Waals surface area contributed by atoms with Crippen LogP contribution in [0.25, 0.3) is 0 Å². The van der Waals surface area contributed by atoms with Crippen molar-refractivity contribution in [3.05, 3.63) is 35.4 Å². The van der Waals surface area contributed by atoms with Crippen LogP contribution in [0.3, 0.4) is 0 Å². The Labute approximate surface area is 113 Å². The lowest BCUT2D eigenvalue weighted by Crippen LogP contribution is -2.35. The van der Waals surface area contributed by atoms with E-state index in [1.807, 2.05) is 0 Å². The molecule has 2 rings (SSSR count). The molecule has 0 amide bonds. The van der Waals surface area contributed by atoms with Crippen LogP contribution in [0.2, 0.25) is 0 Å². The van der Waals surface area contributed by atoms with Gasteiger partial charge in [0.2, 0.25) is 0 Å². The molecule has 0 aromatic heterocycles. The molecular formula is C15H22F2N2. The van der Waals surface area contributed by atoms with Crippen molar-refractivity contribution < 1.29 is 8.78 Å². The highest BCUT2D eigenvalue weighted by molar-refractivity contribution is 5.22. The van der Waals surface area contributed by atoms with Crippen LogP contribution in [0.5, 0.6) is 0 Å². The molecule has 3 N–H and O–H groups in total. The summed E-state index contributed by atoms with van der Waals surface area (Å²) in [5.41, 5.74) is 6.83. The second-order valence-corrected chi connectivity index (χ2v) is 6.23. The average Bonchev–Trinajstić information content (AvgIpc) is 2.69. The fraction of sp³-hybridized carbons (Fsp3) is 0.600. The van der Waals surface area contributed by atoms with E-state index in [0.29, 0.717) is 23.6 Å². The average molecular weight is 268 g/mol. The van der Waals surface area contributed by atoms with Gasteiger partial charge in [-0.3, -0.25) is 0 Å². The summed E-state index contributed by atoms with van der Waals surface area (Å²) >= 11 is 0. The summed E-state index contributed by atoms with van der Waals surface area (Å²) in [7, 11) is 0. The quantitative estimate of drug-likeness (QED) is 0.880. The summed E-state index contributed by atoms with van der Waals surface area (Å²) in [6, 6.07) is 4.28. The molecule has 0 saturated heterocycles. The van der Waals surface area contributed by atoms with Crippen LogP contribution in [0.4, 0.5) is 8.78 Å². The fourth-order valence-corrected chi connectivity index (χ4v) is 2.89. The second kappa shape index (κ2) is 5.55. The number of nitrogens with one attached hydrogen (secondary N) is 1. The van der Waals surface area contributed by atoms with Gasteiger partial charge in [-0.15, -0.1) is 0 Å². The number of hydrogen-bond donors (Lipinski definition) is 2. The molecule has 1 aromatic rings. The van der Waals surface area contributed by atoms with E-state index >= 15 is 0 Å². The standard InChI is InChI=1S/C15H22F2N2/c1-15(2)6-5-11(8-15)19-14(9-18)10-3-4-12(16)13(17)7-10/h3-4,7,11,14,19H,5-6,8-9,18H2,1-2H3. The first kappa shape index (κ1) is 14.4. The molecule has 2 unspecified atom stereocenters. The normalized spacial score (nSPS) is 23.5. The summed E-state index contributed by atoms with van der Waals surface area (Å²) in [4.78, 5) is 0. The Morgan fingerprint density at radius 2 is 2.11 bits per heavy atom. The molecule has 1 aliphatic rings. The third kappa shape index (κ3) is 3.51. The molecule has 0 aliphatic heterocycles. The van der Waals surface area contributed by atoms with Gasteiger partial charge in [0.15, 0.2) is 11.6 Å². The molecule has 2 atom stereocenters. The molecule has 0 radical (unpaired) electrons. The minimum Gasteiger partial charge on any atom is -0.329 e. The Balaban J connectivity index is 2.06. The Morgan fingerprint density at radius 3 is 2.63 bits per heavy atom. The SMILES string of the molecule is CC1(C)CCC(NC(CN)c2ccc(F)c(F)c2)C1. The maximum Gasteiger partial charge on any atom is 0.159 e. The van der Waals surface area contributed by atoms with E-state index in [9.17, 15) is 8.78 Å². The minimum absolute atomic E-state index is 0.117. The van der Waals surface area contributed by atoms with E-state index in [1.54, 1.807) is 6.07 Å².